The Morgan fingerprint density at radius 2 is 2.27 bits per heavy atom. The zero-order chi connectivity index (χ0) is 10.7. The van der Waals surface area contributed by atoms with E-state index in [1.54, 1.807) is 11.3 Å². The number of aromatic amines is 1. The zero-order valence-electron chi connectivity index (χ0n) is 8.45. The first-order valence-corrected chi connectivity index (χ1v) is 5.59. The van der Waals surface area contributed by atoms with Gasteiger partial charge in [0.05, 0.1) is 6.54 Å². The smallest absolute Gasteiger partial charge is 0.243 e. The summed E-state index contributed by atoms with van der Waals surface area (Å²) < 4.78 is 0. The van der Waals surface area contributed by atoms with E-state index in [4.69, 9.17) is 5.73 Å². The number of nitrogen functional groups attached to an aromatic ring is 1. The van der Waals surface area contributed by atoms with Gasteiger partial charge in [0.25, 0.3) is 0 Å². The van der Waals surface area contributed by atoms with Crippen LogP contribution < -0.4 is 11.1 Å². The van der Waals surface area contributed by atoms with E-state index in [9.17, 15) is 0 Å². The minimum atomic E-state index is 0.331. The molecule has 0 saturated carbocycles. The van der Waals surface area contributed by atoms with Crippen LogP contribution >= 0.6 is 11.3 Å². The minimum Gasteiger partial charge on any atom is -0.368 e. The van der Waals surface area contributed by atoms with Crippen LogP contribution in [0.5, 0.6) is 0 Å². The Hall–Kier alpha value is -1.56. The van der Waals surface area contributed by atoms with Crippen LogP contribution in [0.1, 0.15) is 16.7 Å². The van der Waals surface area contributed by atoms with Crippen LogP contribution in [0.3, 0.4) is 0 Å². The largest absolute Gasteiger partial charge is 0.368 e. The van der Waals surface area contributed by atoms with Gasteiger partial charge in [-0.25, -0.2) is 5.10 Å². The van der Waals surface area contributed by atoms with Gasteiger partial charge in [-0.2, -0.15) is 4.98 Å². The molecule has 0 fully saturated rings. The van der Waals surface area contributed by atoms with E-state index < -0.39 is 0 Å². The number of nitrogens with one attached hydrogen (secondary N) is 2. The van der Waals surface area contributed by atoms with Crippen molar-refractivity contribution in [2.45, 2.75) is 19.9 Å². The normalized spacial score (nSPS) is 10.5. The molecule has 0 saturated heterocycles. The fourth-order valence-electron chi connectivity index (χ4n) is 1.23. The molecule has 80 valence electrons. The van der Waals surface area contributed by atoms with Gasteiger partial charge < -0.3 is 11.1 Å². The molecule has 2 aromatic heterocycles. The summed E-state index contributed by atoms with van der Waals surface area (Å²) in [5.41, 5.74) is 5.41. The van der Waals surface area contributed by atoms with Crippen molar-refractivity contribution in [2.75, 3.05) is 11.1 Å². The lowest BCUT2D eigenvalue weighted by atomic mass is 10.4. The molecule has 0 aliphatic heterocycles. The second-order valence-electron chi connectivity index (χ2n) is 3.12. The van der Waals surface area contributed by atoms with E-state index in [0.29, 0.717) is 11.9 Å². The van der Waals surface area contributed by atoms with Crippen molar-refractivity contribution in [1.82, 2.24) is 15.2 Å². The molecule has 0 radical (unpaired) electrons. The molecule has 0 amide bonds. The number of hydrogen-bond donors (Lipinski definition) is 3. The van der Waals surface area contributed by atoms with Crippen LogP contribution in [-0.4, -0.2) is 15.2 Å². The molecular formula is C9H13N5S. The van der Waals surface area contributed by atoms with E-state index in [0.717, 1.165) is 13.0 Å². The minimum absolute atomic E-state index is 0.331. The molecule has 4 N–H and O–H groups in total. The van der Waals surface area contributed by atoms with Crippen molar-refractivity contribution in [3.8, 4) is 0 Å². The lowest BCUT2D eigenvalue weighted by Crippen LogP contribution is -1.99. The molecule has 0 spiro atoms. The van der Waals surface area contributed by atoms with Gasteiger partial charge in [-0.1, -0.05) is 6.92 Å². The number of hydrogen-bond acceptors (Lipinski definition) is 5. The van der Waals surface area contributed by atoms with E-state index in [1.807, 2.05) is 0 Å². The highest BCUT2D eigenvalue weighted by Gasteiger charge is 2.01. The predicted octanol–water partition coefficient (Wildman–Crippen LogP) is 1.62. The molecule has 0 unspecified atom stereocenters. The quantitative estimate of drug-likeness (QED) is 0.736. The number of aromatic nitrogens is 3. The summed E-state index contributed by atoms with van der Waals surface area (Å²) in [5, 5.41) is 9.57. The van der Waals surface area contributed by atoms with Gasteiger partial charge in [-0.3, -0.25) is 0 Å². The lowest BCUT2D eigenvalue weighted by molar-refractivity contribution is 1.06. The van der Waals surface area contributed by atoms with Crippen LogP contribution in [-0.2, 0) is 13.0 Å². The first-order chi connectivity index (χ1) is 7.28. The molecule has 2 heterocycles. The summed E-state index contributed by atoms with van der Waals surface area (Å²) in [6.45, 7) is 2.89. The van der Waals surface area contributed by atoms with E-state index >= 15 is 0 Å². The number of thiophene rings is 1. The van der Waals surface area contributed by atoms with Gasteiger partial charge in [0.1, 0.15) is 0 Å². The maximum absolute atomic E-state index is 5.41. The van der Waals surface area contributed by atoms with Gasteiger partial charge in [0, 0.05) is 9.75 Å². The maximum atomic E-state index is 5.41. The monoisotopic (exact) mass is 223 g/mol. The van der Waals surface area contributed by atoms with Crippen molar-refractivity contribution in [1.29, 1.82) is 0 Å². The van der Waals surface area contributed by atoms with Crippen LogP contribution in [0.15, 0.2) is 12.1 Å². The Morgan fingerprint density at radius 1 is 1.47 bits per heavy atom. The van der Waals surface area contributed by atoms with E-state index in [-0.39, 0.29) is 0 Å². The summed E-state index contributed by atoms with van der Waals surface area (Å²) in [7, 11) is 0. The molecule has 0 aromatic carbocycles. The average Bonchev–Trinajstić information content (AvgIpc) is 2.83. The molecule has 0 bridgehead atoms. The molecule has 5 nitrogen and oxygen atoms in total. The second-order valence-corrected chi connectivity index (χ2v) is 4.37. The molecule has 2 aromatic rings. The lowest BCUT2D eigenvalue weighted by Gasteiger charge is -1.97. The Bertz CT molecular complexity index is 433. The Labute approximate surface area is 91.7 Å². The summed E-state index contributed by atoms with van der Waals surface area (Å²) in [5.74, 6) is 0.872. The van der Waals surface area contributed by atoms with Crippen molar-refractivity contribution in [3.63, 3.8) is 0 Å². The molecule has 0 aliphatic rings. The summed E-state index contributed by atoms with van der Waals surface area (Å²) in [6.07, 6.45) is 1.08. The van der Waals surface area contributed by atoms with Crippen LogP contribution in [0, 0.1) is 0 Å². The summed E-state index contributed by atoms with van der Waals surface area (Å²) in [6, 6.07) is 4.26. The molecule has 15 heavy (non-hydrogen) atoms. The van der Waals surface area contributed by atoms with Gasteiger partial charge in [-0.05, 0) is 18.6 Å². The SMILES string of the molecule is CCc1ccc(CNc2n[nH]c(N)n2)s1. The predicted molar refractivity (Wildman–Crippen MR) is 61.8 cm³/mol. The highest BCUT2D eigenvalue weighted by atomic mass is 32.1. The first-order valence-electron chi connectivity index (χ1n) is 4.77. The average molecular weight is 223 g/mol. The van der Waals surface area contributed by atoms with Gasteiger partial charge in [-0.15, -0.1) is 16.4 Å². The van der Waals surface area contributed by atoms with Crippen molar-refractivity contribution >= 4 is 23.2 Å². The van der Waals surface area contributed by atoms with Crippen LogP contribution in [0.25, 0.3) is 0 Å². The number of aryl methyl sites for hydroxylation is 1. The molecule has 6 heteroatoms. The second kappa shape index (κ2) is 4.31. The Balaban J connectivity index is 1.93. The van der Waals surface area contributed by atoms with Crippen molar-refractivity contribution in [3.05, 3.63) is 21.9 Å². The number of rotatable bonds is 4. The third-order valence-electron chi connectivity index (χ3n) is 1.99. The Kier molecular flexibility index (Phi) is 2.86. The number of H-pyrrole nitrogens is 1. The van der Waals surface area contributed by atoms with Gasteiger partial charge in [0.15, 0.2) is 0 Å². The van der Waals surface area contributed by atoms with Crippen molar-refractivity contribution in [2.24, 2.45) is 0 Å². The van der Waals surface area contributed by atoms with Gasteiger partial charge in [0.2, 0.25) is 11.9 Å². The molecule has 2 rings (SSSR count). The number of nitrogens with two attached hydrogens (primary N) is 1. The fourth-order valence-corrected chi connectivity index (χ4v) is 2.12. The van der Waals surface area contributed by atoms with Crippen LogP contribution in [0.4, 0.5) is 11.9 Å². The van der Waals surface area contributed by atoms with Crippen LogP contribution in [0.2, 0.25) is 0 Å². The third kappa shape index (κ3) is 2.47. The molecule has 0 aliphatic carbocycles. The third-order valence-corrected chi connectivity index (χ3v) is 3.22. The van der Waals surface area contributed by atoms with Crippen molar-refractivity contribution < 1.29 is 0 Å². The summed E-state index contributed by atoms with van der Waals surface area (Å²) in [4.78, 5) is 6.62. The van der Waals surface area contributed by atoms with E-state index in [2.05, 4.69) is 39.6 Å². The highest BCUT2D eigenvalue weighted by molar-refractivity contribution is 7.12. The van der Waals surface area contributed by atoms with E-state index in [1.165, 1.54) is 9.75 Å². The molecular weight excluding hydrogens is 210 g/mol. The number of anilines is 2. The fraction of sp³-hybridized carbons (Fsp3) is 0.333. The zero-order valence-corrected chi connectivity index (χ0v) is 9.27. The Morgan fingerprint density at radius 3 is 2.87 bits per heavy atom. The topological polar surface area (TPSA) is 79.6 Å². The first kappa shape index (κ1) is 9.97. The number of nitrogens with zero attached hydrogens (tertiary/aromatic N) is 2. The van der Waals surface area contributed by atoms with Gasteiger partial charge >= 0.3 is 0 Å². The highest BCUT2D eigenvalue weighted by Crippen LogP contribution is 2.17. The maximum Gasteiger partial charge on any atom is 0.243 e. The summed E-state index contributed by atoms with van der Waals surface area (Å²) >= 11 is 1.80. The standard InChI is InChI=1S/C9H13N5S/c1-2-6-3-4-7(15-6)5-11-9-12-8(10)13-14-9/h3-4H,2,5H2,1H3,(H4,10,11,12,13,14). The molecule has 0 atom stereocenters.